The molecule has 0 aliphatic carbocycles. The van der Waals surface area contributed by atoms with Crippen LogP contribution in [0, 0.1) is 0 Å². The van der Waals surface area contributed by atoms with Gasteiger partial charge in [0.05, 0.1) is 11.1 Å². The molecule has 0 fully saturated rings. The van der Waals surface area contributed by atoms with E-state index in [4.69, 9.17) is 16.6 Å². The molecule has 0 bridgehead atoms. The number of nitrogens with two attached hydrogens (primary N) is 2. The van der Waals surface area contributed by atoms with E-state index in [1.54, 1.807) is 0 Å². The molecular weight excluding hydrogens is 172 g/mol. The van der Waals surface area contributed by atoms with Crippen LogP contribution >= 0.6 is 0 Å². The van der Waals surface area contributed by atoms with Gasteiger partial charge in [-0.25, -0.2) is 4.79 Å². The summed E-state index contributed by atoms with van der Waals surface area (Å²) in [6.07, 6.45) is 0. The van der Waals surface area contributed by atoms with Crippen LogP contribution in [-0.4, -0.2) is 17.0 Å². The van der Waals surface area contributed by atoms with Gasteiger partial charge < -0.3 is 16.6 Å². The molecule has 68 valence electrons. The third kappa shape index (κ3) is 1.76. The molecule has 0 saturated carbocycles. The Labute approximate surface area is 74.0 Å². The first kappa shape index (κ1) is 9.05. The number of nitrogen functional groups attached to an aromatic ring is 1. The maximum Gasteiger partial charge on any atom is 0.336 e. The molecule has 0 aliphatic rings. The van der Waals surface area contributed by atoms with Gasteiger partial charge >= 0.3 is 5.97 Å². The predicted octanol–water partition coefficient (Wildman–Crippen LogP) is 0.0659. The molecule has 0 radical (unpaired) electrons. The Morgan fingerprint density at radius 2 is 1.85 bits per heavy atom. The molecule has 5 heteroatoms. The highest BCUT2D eigenvalue weighted by molar-refractivity contribution is 6.04. The quantitative estimate of drug-likeness (QED) is 0.559. The number of carboxylic acid groups (broad SMARTS) is 1. The van der Waals surface area contributed by atoms with Crippen LogP contribution in [0.3, 0.4) is 0 Å². The van der Waals surface area contributed by atoms with Crippen molar-refractivity contribution in [3.63, 3.8) is 0 Å². The Bertz CT molecular complexity index is 374. The van der Waals surface area contributed by atoms with E-state index in [0.29, 0.717) is 5.69 Å². The summed E-state index contributed by atoms with van der Waals surface area (Å²) >= 11 is 0. The lowest BCUT2D eigenvalue weighted by Crippen LogP contribution is -2.16. The van der Waals surface area contributed by atoms with E-state index in [-0.39, 0.29) is 11.1 Å². The largest absolute Gasteiger partial charge is 0.478 e. The Morgan fingerprint density at radius 3 is 2.31 bits per heavy atom. The predicted molar refractivity (Wildman–Crippen MR) is 46.3 cm³/mol. The zero-order valence-corrected chi connectivity index (χ0v) is 6.65. The number of hydrogen-bond donors (Lipinski definition) is 3. The number of anilines is 1. The minimum Gasteiger partial charge on any atom is -0.478 e. The number of aromatic carboxylic acids is 1. The maximum absolute atomic E-state index is 10.8. The summed E-state index contributed by atoms with van der Waals surface area (Å²) in [5.74, 6) is -2.00. The van der Waals surface area contributed by atoms with Gasteiger partial charge in [0.15, 0.2) is 0 Å². The molecule has 0 spiro atoms. The third-order valence-corrected chi connectivity index (χ3v) is 1.54. The number of carbonyl (C=O) groups is 2. The van der Waals surface area contributed by atoms with Crippen LogP contribution in [-0.2, 0) is 0 Å². The van der Waals surface area contributed by atoms with Crippen molar-refractivity contribution in [1.82, 2.24) is 0 Å². The minimum absolute atomic E-state index is 0.0764. The van der Waals surface area contributed by atoms with E-state index in [1.165, 1.54) is 18.2 Å². The monoisotopic (exact) mass is 180 g/mol. The summed E-state index contributed by atoms with van der Waals surface area (Å²) in [6.45, 7) is 0. The fourth-order valence-corrected chi connectivity index (χ4v) is 0.952. The zero-order chi connectivity index (χ0) is 10.0. The molecule has 5 nitrogen and oxygen atoms in total. The van der Waals surface area contributed by atoms with Crippen molar-refractivity contribution in [1.29, 1.82) is 0 Å². The number of carboxylic acids is 1. The van der Waals surface area contributed by atoms with Gasteiger partial charge in [0, 0.05) is 5.69 Å². The SMILES string of the molecule is NC(=O)c1cc(N)ccc1C(=O)O. The van der Waals surface area contributed by atoms with Gasteiger partial charge in [-0.05, 0) is 18.2 Å². The van der Waals surface area contributed by atoms with Crippen molar-refractivity contribution in [2.75, 3.05) is 5.73 Å². The van der Waals surface area contributed by atoms with E-state index in [1.807, 2.05) is 0 Å². The second-order valence-electron chi connectivity index (χ2n) is 2.47. The highest BCUT2D eigenvalue weighted by Gasteiger charge is 2.13. The summed E-state index contributed by atoms with van der Waals surface area (Å²) in [4.78, 5) is 21.4. The molecule has 5 N–H and O–H groups in total. The van der Waals surface area contributed by atoms with E-state index in [0.717, 1.165) is 0 Å². The molecule has 0 atom stereocenters. The van der Waals surface area contributed by atoms with Crippen LogP contribution < -0.4 is 11.5 Å². The van der Waals surface area contributed by atoms with E-state index >= 15 is 0 Å². The Balaban J connectivity index is 3.35. The zero-order valence-electron chi connectivity index (χ0n) is 6.65. The van der Waals surface area contributed by atoms with Crippen LogP contribution in [0.5, 0.6) is 0 Å². The highest BCUT2D eigenvalue weighted by atomic mass is 16.4. The van der Waals surface area contributed by atoms with Crippen LogP contribution in [0.25, 0.3) is 0 Å². The van der Waals surface area contributed by atoms with E-state index in [2.05, 4.69) is 0 Å². The standard InChI is InChI=1S/C8H8N2O3/c9-4-1-2-5(8(12)13)6(3-4)7(10)11/h1-3H,9H2,(H2,10,11)(H,12,13). The molecule has 0 aromatic heterocycles. The fourth-order valence-electron chi connectivity index (χ4n) is 0.952. The summed E-state index contributed by atoms with van der Waals surface area (Å²) in [5, 5.41) is 8.66. The average Bonchev–Trinajstić information content (AvgIpc) is 2.03. The Morgan fingerprint density at radius 1 is 1.23 bits per heavy atom. The van der Waals surface area contributed by atoms with E-state index < -0.39 is 11.9 Å². The summed E-state index contributed by atoms with van der Waals surface area (Å²) in [6, 6.07) is 3.89. The Kier molecular flexibility index (Phi) is 2.19. The van der Waals surface area contributed by atoms with Gasteiger partial charge in [-0.1, -0.05) is 0 Å². The van der Waals surface area contributed by atoms with Crippen molar-refractivity contribution < 1.29 is 14.7 Å². The lowest BCUT2D eigenvalue weighted by molar-refractivity contribution is 0.0692. The molecule has 1 aromatic carbocycles. The molecule has 0 heterocycles. The van der Waals surface area contributed by atoms with Gasteiger partial charge in [0.2, 0.25) is 5.91 Å². The second kappa shape index (κ2) is 3.14. The first-order valence-corrected chi connectivity index (χ1v) is 3.45. The molecule has 13 heavy (non-hydrogen) atoms. The molecule has 1 amide bonds. The topological polar surface area (TPSA) is 106 Å². The number of amides is 1. The van der Waals surface area contributed by atoms with Crippen molar-refractivity contribution >= 4 is 17.6 Å². The molecular formula is C8H8N2O3. The number of benzene rings is 1. The first-order valence-electron chi connectivity index (χ1n) is 3.45. The van der Waals surface area contributed by atoms with Crippen LogP contribution in [0.15, 0.2) is 18.2 Å². The second-order valence-corrected chi connectivity index (χ2v) is 2.47. The van der Waals surface area contributed by atoms with Gasteiger partial charge in [-0.15, -0.1) is 0 Å². The number of hydrogen-bond acceptors (Lipinski definition) is 3. The van der Waals surface area contributed by atoms with Crippen molar-refractivity contribution in [3.05, 3.63) is 29.3 Å². The number of carbonyl (C=O) groups excluding carboxylic acids is 1. The molecule has 1 aromatic rings. The fraction of sp³-hybridized carbons (Fsp3) is 0. The molecule has 0 saturated heterocycles. The smallest absolute Gasteiger partial charge is 0.336 e. The number of primary amides is 1. The normalized spacial score (nSPS) is 9.54. The molecule has 0 aliphatic heterocycles. The van der Waals surface area contributed by atoms with Crippen molar-refractivity contribution in [2.24, 2.45) is 5.73 Å². The summed E-state index contributed by atoms with van der Waals surface area (Å²) < 4.78 is 0. The van der Waals surface area contributed by atoms with Crippen molar-refractivity contribution in [2.45, 2.75) is 0 Å². The molecule has 1 rings (SSSR count). The van der Waals surface area contributed by atoms with Crippen molar-refractivity contribution in [3.8, 4) is 0 Å². The Hall–Kier alpha value is -2.04. The molecule has 0 unspecified atom stereocenters. The highest BCUT2D eigenvalue weighted by Crippen LogP contribution is 2.12. The van der Waals surface area contributed by atoms with Crippen LogP contribution in [0.1, 0.15) is 20.7 Å². The lowest BCUT2D eigenvalue weighted by atomic mass is 10.1. The third-order valence-electron chi connectivity index (χ3n) is 1.54. The van der Waals surface area contributed by atoms with Crippen LogP contribution in [0.2, 0.25) is 0 Å². The van der Waals surface area contributed by atoms with Crippen LogP contribution in [0.4, 0.5) is 5.69 Å². The van der Waals surface area contributed by atoms with Gasteiger partial charge in [0.25, 0.3) is 0 Å². The van der Waals surface area contributed by atoms with Gasteiger partial charge in [0.1, 0.15) is 0 Å². The van der Waals surface area contributed by atoms with E-state index in [9.17, 15) is 9.59 Å². The minimum atomic E-state index is -1.20. The average molecular weight is 180 g/mol. The maximum atomic E-state index is 10.8. The summed E-state index contributed by atoms with van der Waals surface area (Å²) in [7, 11) is 0. The lowest BCUT2D eigenvalue weighted by Gasteiger charge is -2.02. The first-order chi connectivity index (χ1) is 6.02. The van der Waals surface area contributed by atoms with Gasteiger partial charge in [-0.3, -0.25) is 4.79 Å². The number of rotatable bonds is 2. The summed E-state index contributed by atoms with van der Waals surface area (Å²) in [5.41, 5.74) is 10.4. The van der Waals surface area contributed by atoms with Gasteiger partial charge in [-0.2, -0.15) is 0 Å².